The summed E-state index contributed by atoms with van der Waals surface area (Å²) in [6, 6.07) is 0. The molecule has 4 nitrogen and oxygen atoms in total. The summed E-state index contributed by atoms with van der Waals surface area (Å²) >= 11 is 4.81. The lowest BCUT2D eigenvalue weighted by atomic mass is 10.5. The lowest BCUT2D eigenvalue weighted by Crippen LogP contribution is -2.15. The Morgan fingerprint density at radius 2 is 1.92 bits per heavy atom. The van der Waals surface area contributed by atoms with Gasteiger partial charge in [0.15, 0.2) is 0 Å². The number of carbonyl (C=O) groups is 2. The van der Waals surface area contributed by atoms with Gasteiger partial charge in [-0.3, -0.25) is 4.79 Å². The van der Waals surface area contributed by atoms with Crippen LogP contribution < -0.4 is 0 Å². The van der Waals surface area contributed by atoms with Crippen LogP contribution in [0.5, 0.6) is 0 Å². The Hall–Kier alpha value is -0.610. The Morgan fingerprint density at radius 1 is 1.25 bits per heavy atom. The van der Waals surface area contributed by atoms with Crippen molar-refractivity contribution in [3.05, 3.63) is 0 Å². The van der Waals surface area contributed by atoms with Gasteiger partial charge in [0, 0.05) is 6.61 Å². The highest BCUT2D eigenvalue weighted by molar-refractivity contribution is 6.80. The molecule has 0 amide bonds. The molecule has 0 aromatic carbocycles. The highest BCUT2D eigenvalue weighted by Crippen LogP contribution is 1.87. The zero-order valence-corrected chi connectivity index (χ0v) is 7.60. The Balaban J connectivity index is 3.20. The molecule has 0 heterocycles. The van der Waals surface area contributed by atoms with Crippen molar-refractivity contribution in [1.82, 2.24) is 0 Å². The van der Waals surface area contributed by atoms with Crippen LogP contribution in [0.25, 0.3) is 0 Å². The normalized spacial score (nSPS) is 9.50. The quantitative estimate of drug-likeness (QED) is 0.271. The lowest BCUT2D eigenvalue weighted by Gasteiger charge is -2.01. The van der Waals surface area contributed by atoms with E-state index in [0.717, 1.165) is 6.42 Å². The number of carbonyl (C=O) groups excluding carboxylic acids is 2. The van der Waals surface area contributed by atoms with Gasteiger partial charge in [-0.2, -0.15) is 0 Å². The molecule has 0 aromatic rings. The number of esters is 1. The van der Waals surface area contributed by atoms with Gasteiger partial charge in [-0.25, -0.2) is 4.79 Å². The fraction of sp³-hybridized carbons (Fsp3) is 0.714. The van der Waals surface area contributed by atoms with E-state index in [1.807, 2.05) is 6.92 Å². The first-order chi connectivity index (χ1) is 5.68. The summed E-state index contributed by atoms with van der Waals surface area (Å²) in [5, 5.41) is -1.11. The van der Waals surface area contributed by atoms with Crippen LogP contribution in [0.3, 0.4) is 0 Å². The average Bonchev–Trinajstić information content (AvgIpc) is 2.03. The second-order valence-corrected chi connectivity index (χ2v) is 2.37. The molecule has 0 bridgehead atoms. The van der Waals surface area contributed by atoms with Gasteiger partial charge < -0.3 is 9.47 Å². The van der Waals surface area contributed by atoms with Crippen molar-refractivity contribution in [3.63, 3.8) is 0 Å². The van der Waals surface area contributed by atoms with Crippen molar-refractivity contribution in [2.45, 2.75) is 13.3 Å². The van der Waals surface area contributed by atoms with E-state index < -0.39 is 11.2 Å². The van der Waals surface area contributed by atoms with Gasteiger partial charge in [0.1, 0.15) is 6.61 Å². The van der Waals surface area contributed by atoms with Crippen molar-refractivity contribution in [1.29, 1.82) is 0 Å². The Bertz CT molecular complexity index is 157. The first-order valence-electron chi connectivity index (χ1n) is 3.62. The predicted octanol–water partition coefficient (Wildman–Crippen LogP) is 0.722. The summed E-state index contributed by atoms with van der Waals surface area (Å²) < 4.78 is 9.39. The van der Waals surface area contributed by atoms with Gasteiger partial charge >= 0.3 is 11.2 Å². The highest BCUT2D eigenvalue weighted by atomic mass is 35.5. The highest BCUT2D eigenvalue weighted by Gasteiger charge is 2.10. The van der Waals surface area contributed by atoms with Crippen LogP contribution in [0.1, 0.15) is 13.3 Å². The smallest absolute Gasteiger partial charge is 0.391 e. The summed E-state index contributed by atoms with van der Waals surface area (Å²) in [5.41, 5.74) is 0. The fourth-order valence-corrected chi connectivity index (χ4v) is 0.551. The fourth-order valence-electron chi connectivity index (χ4n) is 0.496. The van der Waals surface area contributed by atoms with E-state index in [0.29, 0.717) is 13.2 Å². The minimum atomic E-state index is -1.11. The maximum absolute atomic E-state index is 10.4. The summed E-state index contributed by atoms with van der Waals surface area (Å²) in [6.07, 6.45) is 0.905. The predicted molar refractivity (Wildman–Crippen MR) is 42.9 cm³/mol. The molecule has 0 aliphatic heterocycles. The maximum Gasteiger partial charge on any atom is 0.391 e. The largest absolute Gasteiger partial charge is 0.457 e. The van der Waals surface area contributed by atoms with Gasteiger partial charge in [-0.15, -0.1) is 0 Å². The van der Waals surface area contributed by atoms with Crippen LogP contribution in [0.15, 0.2) is 0 Å². The van der Waals surface area contributed by atoms with Crippen molar-refractivity contribution in [3.8, 4) is 0 Å². The van der Waals surface area contributed by atoms with Crippen molar-refractivity contribution < 1.29 is 19.1 Å². The maximum atomic E-state index is 10.4. The average molecular weight is 195 g/mol. The molecule has 0 fully saturated rings. The number of hydrogen-bond acceptors (Lipinski definition) is 4. The molecule has 0 aliphatic rings. The van der Waals surface area contributed by atoms with Crippen LogP contribution in [0.4, 0.5) is 0 Å². The van der Waals surface area contributed by atoms with Gasteiger partial charge in [-0.05, 0) is 18.0 Å². The first kappa shape index (κ1) is 11.4. The van der Waals surface area contributed by atoms with Crippen molar-refractivity contribution >= 4 is 22.8 Å². The molecule has 0 aliphatic carbocycles. The van der Waals surface area contributed by atoms with Crippen molar-refractivity contribution in [2.75, 3.05) is 19.8 Å². The van der Waals surface area contributed by atoms with Crippen LogP contribution in [-0.2, 0) is 19.1 Å². The van der Waals surface area contributed by atoms with Gasteiger partial charge in [0.05, 0.1) is 6.61 Å². The molecule has 0 unspecified atom stereocenters. The molecule has 0 saturated heterocycles. The van der Waals surface area contributed by atoms with Crippen molar-refractivity contribution in [2.24, 2.45) is 0 Å². The second-order valence-electron chi connectivity index (χ2n) is 2.02. The van der Waals surface area contributed by atoms with Crippen LogP contribution >= 0.6 is 11.6 Å². The zero-order valence-electron chi connectivity index (χ0n) is 6.84. The first-order valence-corrected chi connectivity index (χ1v) is 4.00. The second kappa shape index (κ2) is 7.06. The molecule has 70 valence electrons. The standard InChI is InChI=1S/C7H11ClO4/c1-2-3-11-4-5-12-7(10)6(8)9/h2-5H2,1H3. The SMILES string of the molecule is CCCOCCOC(=O)C(=O)Cl. The molecule has 0 atom stereocenters. The summed E-state index contributed by atoms with van der Waals surface area (Å²) in [5.74, 6) is -1.03. The molecular weight excluding hydrogens is 184 g/mol. The topological polar surface area (TPSA) is 52.6 Å². The van der Waals surface area contributed by atoms with E-state index in [9.17, 15) is 9.59 Å². The van der Waals surface area contributed by atoms with Crippen LogP contribution in [-0.4, -0.2) is 31.0 Å². The number of halogens is 1. The molecule has 0 spiro atoms. The third kappa shape index (κ3) is 6.12. The third-order valence-corrected chi connectivity index (χ3v) is 1.12. The van der Waals surface area contributed by atoms with Crippen LogP contribution in [0, 0.1) is 0 Å². The molecular formula is C7H11ClO4. The Labute approximate surface area is 75.8 Å². The monoisotopic (exact) mass is 194 g/mol. The minimum Gasteiger partial charge on any atom is -0.457 e. The molecule has 0 aromatic heterocycles. The van der Waals surface area contributed by atoms with Gasteiger partial charge in [-0.1, -0.05) is 6.92 Å². The number of ether oxygens (including phenoxy) is 2. The summed E-state index contributed by atoms with van der Waals surface area (Å²) in [4.78, 5) is 20.5. The van der Waals surface area contributed by atoms with E-state index in [1.54, 1.807) is 0 Å². The third-order valence-electron chi connectivity index (χ3n) is 0.970. The number of rotatable bonds is 6. The molecule has 0 rings (SSSR count). The van der Waals surface area contributed by atoms with E-state index in [-0.39, 0.29) is 6.61 Å². The van der Waals surface area contributed by atoms with E-state index in [4.69, 9.17) is 16.3 Å². The molecule has 12 heavy (non-hydrogen) atoms. The van der Waals surface area contributed by atoms with Gasteiger partial charge in [0.25, 0.3) is 0 Å². The van der Waals surface area contributed by atoms with E-state index >= 15 is 0 Å². The molecule has 0 saturated carbocycles. The lowest BCUT2D eigenvalue weighted by molar-refractivity contribution is -0.151. The van der Waals surface area contributed by atoms with Crippen LogP contribution in [0.2, 0.25) is 0 Å². The van der Waals surface area contributed by atoms with Gasteiger partial charge in [0.2, 0.25) is 0 Å². The Kier molecular flexibility index (Phi) is 6.70. The molecule has 5 heteroatoms. The summed E-state index contributed by atoms with van der Waals surface area (Å²) in [7, 11) is 0. The van der Waals surface area contributed by atoms with E-state index in [2.05, 4.69) is 4.74 Å². The van der Waals surface area contributed by atoms with E-state index in [1.165, 1.54) is 0 Å². The minimum absolute atomic E-state index is 0.0668. The number of hydrogen-bond donors (Lipinski definition) is 0. The molecule has 0 N–H and O–H groups in total. The zero-order chi connectivity index (χ0) is 9.40. The summed E-state index contributed by atoms with van der Waals surface area (Å²) in [6.45, 7) is 2.95. The molecule has 0 radical (unpaired) electrons. The Morgan fingerprint density at radius 3 is 2.42 bits per heavy atom.